The topological polar surface area (TPSA) is 40.6 Å². The van der Waals surface area contributed by atoms with Crippen LogP contribution in [-0.4, -0.2) is 57.1 Å². The Balaban J connectivity index is 4.30. The van der Waals surface area contributed by atoms with Gasteiger partial charge in [0.1, 0.15) is 0 Å². The summed E-state index contributed by atoms with van der Waals surface area (Å²) in [4.78, 5) is 1.97. The SMILES string of the molecule is CC(C)N(CCN(C)C)S(C)(=O)=O. The van der Waals surface area contributed by atoms with Gasteiger partial charge in [-0.3, -0.25) is 0 Å². The molecule has 0 amide bonds. The number of likely N-dealkylation sites (N-methyl/N-ethyl adjacent to an activating group) is 1. The highest BCUT2D eigenvalue weighted by Gasteiger charge is 2.19. The van der Waals surface area contributed by atoms with Gasteiger partial charge in [0.15, 0.2) is 0 Å². The Morgan fingerprint density at radius 2 is 1.62 bits per heavy atom. The van der Waals surface area contributed by atoms with Gasteiger partial charge in [-0.15, -0.1) is 0 Å². The summed E-state index contributed by atoms with van der Waals surface area (Å²) >= 11 is 0. The summed E-state index contributed by atoms with van der Waals surface area (Å²) < 4.78 is 24.1. The average Bonchev–Trinajstić information content (AvgIpc) is 1.81. The Hall–Kier alpha value is -0.130. The number of hydrogen-bond acceptors (Lipinski definition) is 3. The highest BCUT2D eigenvalue weighted by atomic mass is 32.2. The van der Waals surface area contributed by atoms with Crippen LogP contribution in [0.25, 0.3) is 0 Å². The number of sulfonamides is 1. The largest absolute Gasteiger partial charge is 0.308 e. The first-order valence-corrected chi connectivity index (χ1v) is 6.21. The van der Waals surface area contributed by atoms with E-state index in [0.717, 1.165) is 6.54 Å². The molecular formula is C8H20N2O2S. The molecule has 4 nitrogen and oxygen atoms in total. The lowest BCUT2D eigenvalue weighted by Crippen LogP contribution is -2.40. The van der Waals surface area contributed by atoms with Crippen LogP contribution in [0, 0.1) is 0 Å². The van der Waals surface area contributed by atoms with Crippen LogP contribution >= 0.6 is 0 Å². The summed E-state index contributed by atoms with van der Waals surface area (Å²) in [6.07, 6.45) is 1.25. The first-order chi connectivity index (χ1) is 5.75. The first-order valence-electron chi connectivity index (χ1n) is 4.36. The molecule has 0 atom stereocenters. The van der Waals surface area contributed by atoms with E-state index >= 15 is 0 Å². The van der Waals surface area contributed by atoms with Crippen molar-refractivity contribution in [3.05, 3.63) is 0 Å². The van der Waals surface area contributed by atoms with E-state index in [-0.39, 0.29) is 6.04 Å². The fourth-order valence-corrected chi connectivity index (χ4v) is 2.28. The summed E-state index contributed by atoms with van der Waals surface area (Å²) in [5.41, 5.74) is 0. The van der Waals surface area contributed by atoms with Crippen LogP contribution < -0.4 is 0 Å². The van der Waals surface area contributed by atoms with E-state index in [9.17, 15) is 8.42 Å². The minimum absolute atomic E-state index is 0.0370. The van der Waals surface area contributed by atoms with Crippen molar-refractivity contribution in [2.45, 2.75) is 19.9 Å². The number of nitrogens with zero attached hydrogens (tertiary/aromatic N) is 2. The van der Waals surface area contributed by atoms with Gasteiger partial charge in [0.2, 0.25) is 10.0 Å². The van der Waals surface area contributed by atoms with Crippen LogP contribution in [0.4, 0.5) is 0 Å². The molecule has 0 aromatic rings. The van der Waals surface area contributed by atoms with E-state index in [1.54, 1.807) is 0 Å². The second kappa shape index (κ2) is 4.93. The summed E-state index contributed by atoms with van der Waals surface area (Å²) in [5.74, 6) is 0. The average molecular weight is 208 g/mol. The van der Waals surface area contributed by atoms with E-state index in [2.05, 4.69) is 0 Å². The maximum atomic E-state index is 11.3. The molecule has 80 valence electrons. The second-order valence-electron chi connectivity index (χ2n) is 3.77. The molecule has 0 aromatic heterocycles. The van der Waals surface area contributed by atoms with Crippen molar-refractivity contribution in [2.75, 3.05) is 33.4 Å². The lowest BCUT2D eigenvalue weighted by atomic mass is 10.4. The van der Waals surface area contributed by atoms with Crippen molar-refractivity contribution in [3.8, 4) is 0 Å². The Labute approximate surface area is 81.6 Å². The predicted octanol–water partition coefficient (Wildman–Crippen LogP) is 0.218. The van der Waals surface area contributed by atoms with E-state index in [0.29, 0.717) is 6.54 Å². The third kappa shape index (κ3) is 5.23. The van der Waals surface area contributed by atoms with Gasteiger partial charge in [0.25, 0.3) is 0 Å². The molecule has 0 spiro atoms. The third-order valence-corrected chi connectivity index (χ3v) is 3.23. The Morgan fingerprint density at radius 3 is 1.85 bits per heavy atom. The minimum atomic E-state index is -3.05. The van der Waals surface area contributed by atoms with Crippen molar-refractivity contribution in [1.82, 2.24) is 9.21 Å². The van der Waals surface area contributed by atoms with E-state index < -0.39 is 10.0 Å². The van der Waals surface area contributed by atoms with Crippen LogP contribution in [0.5, 0.6) is 0 Å². The van der Waals surface area contributed by atoms with Crippen molar-refractivity contribution >= 4 is 10.0 Å². The molecular weight excluding hydrogens is 188 g/mol. The first kappa shape index (κ1) is 12.9. The molecule has 13 heavy (non-hydrogen) atoms. The third-order valence-electron chi connectivity index (χ3n) is 1.77. The molecule has 0 saturated heterocycles. The molecule has 0 aliphatic rings. The number of hydrogen-bond donors (Lipinski definition) is 0. The van der Waals surface area contributed by atoms with Gasteiger partial charge in [-0.05, 0) is 27.9 Å². The molecule has 0 rings (SSSR count). The smallest absolute Gasteiger partial charge is 0.211 e. The molecule has 0 unspecified atom stereocenters. The van der Waals surface area contributed by atoms with Crippen LogP contribution in [0.3, 0.4) is 0 Å². The summed E-state index contributed by atoms with van der Waals surface area (Å²) in [7, 11) is 0.809. The van der Waals surface area contributed by atoms with Gasteiger partial charge < -0.3 is 4.90 Å². The molecule has 0 heterocycles. The summed E-state index contributed by atoms with van der Waals surface area (Å²) in [6, 6.07) is 0.0370. The van der Waals surface area contributed by atoms with Gasteiger partial charge in [-0.1, -0.05) is 0 Å². The molecule has 0 aliphatic heterocycles. The Kier molecular flexibility index (Phi) is 4.88. The lowest BCUT2D eigenvalue weighted by molar-refractivity contribution is 0.303. The Morgan fingerprint density at radius 1 is 1.15 bits per heavy atom. The van der Waals surface area contributed by atoms with Crippen LogP contribution in [-0.2, 0) is 10.0 Å². The summed E-state index contributed by atoms with van der Waals surface area (Å²) in [5, 5.41) is 0. The normalized spacial score (nSPS) is 13.2. The fourth-order valence-electron chi connectivity index (χ4n) is 1.11. The molecule has 0 saturated carbocycles. The van der Waals surface area contributed by atoms with E-state index in [4.69, 9.17) is 0 Å². The molecule has 0 radical (unpaired) electrons. The molecule has 0 bridgehead atoms. The Bertz CT molecular complexity index is 235. The fraction of sp³-hybridized carbons (Fsp3) is 1.00. The lowest BCUT2D eigenvalue weighted by Gasteiger charge is -2.25. The quantitative estimate of drug-likeness (QED) is 0.649. The van der Waals surface area contributed by atoms with Crippen LogP contribution in [0.2, 0.25) is 0 Å². The van der Waals surface area contributed by atoms with Gasteiger partial charge in [-0.25, -0.2) is 8.42 Å². The van der Waals surface area contributed by atoms with Crippen molar-refractivity contribution in [1.29, 1.82) is 0 Å². The zero-order valence-corrected chi connectivity index (χ0v) is 9.93. The van der Waals surface area contributed by atoms with Crippen molar-refractivity contribution in [3.63, 3.8) is 0 Å². The van der Waals surface area contributed by atoms with Crippen molar-refractivity contribution in [2.24, 2.45) is 0 Å². The zero-order chi connectivity index (χ0) is 10.6. The van der Waals surface area contributed by atoms with Crippen molar-refractivity contribution < 1.29 is 8.42 Å². The zero-order valence-electron chi connectivity index (χ0n) is 9.11. The van der Waals surface area contributed by atoms with E-state index in [1.807, 2.05) is 32.8 Å². The molecule has 5 heteroatoms. The standard InChI is InChI=1S/C8H20N2O2S/c1-8(2)10(13(5,11)12)7-6-9(3)4/h8H,6-7H2,1-5H3. The number of rotatable bonds is 5. The maximum absolute atomic E-state index is 11.3. The second-order valence-corrected chi connectivity index (χ2v) is 5.71. The van der Waals surface area contributed by atoms with E-state index in [1.165, 1.54) is 10.6 Å². The van der Waals surface area contributed by atoms with Crippen LogP contribution in [0.15, 0.2) is 0 Å². The molecule has 0 aliphatic carbocycles. The predicted molar refractivity (Wildman–Crippen MR) is 55.2 cm³/mol. The van der Waals surface area contributed by atoms with Crippen LogP contribution in [0.1, 0.15) is 13.8 Å². The molecule has 0 N–H and O–H groups in total. The van der Waals surface area contributed by atoms with Gasteiger partial charge in [-0.2, -0.15) is 4.31 Å². The highest BCUT2D eigenvalue weighted by Crippen LogP contribution is 2.03. The van der Waals surface area contributed by atoms with Gasteiger partial charge >= 0.3 is 0 Å². The maximum Gasteiger partial charge on any atom is 0.211 e. The minimum Gasteiger partial charge on any atom is -0.308 e. The van der Waals surface area contributed by atoms with Gasteiger partial charge in [0.05, 0.1) is 6.26 Å². The molecule has 0 fully saturated rings. The monoisotopic (exact) mass is 208 g/mol. The van der Waals surface area contributed by atoms with Gasteiger partial charge in [0, 0.05) is 19.1 Å². The molecule has 0 aromatic carbocycles. The summed E-state index contributed by atoms with van der Waals surface area (Å²) in [6.45, 7) is 5.09. The highest BCUT2D eigenvalue weighted by molar-refractivity contribution is 7.88.